The van der Waals surface area contributed by atoms with Crippen molar-refractivity contribution in [3.63, 3.8) is 0 Å². The van der Waals surface area contributed by atoms with E-state index in [-0.39, 0.29) is 0 Å². The first-order valence-corrected chi connectivity index (χ1v) is 1.51. The van der Waals surface area contributed by atoms with Crippen molar-refractivity contribution < 1.29 is 0 Å². The fraction of sp³-hybridized carbons (Fsp3) is 0. The normalized spacial score (nSPS) is 4.25. The molecule has 0 fully saturated rings. The summed E-state index contributed by atoms with van der Waals surface area (Å²) in [5.41, 5.74) is 0. The van der Waals surface area contributed by atoms with Crippen LogP contribution in [0.1, 0.15) is 0 Å². The van der Waals surface area contributed by atoms with Gasteiger partial charge < -0.3 is 0 Å². The van der Waals surface area contributed by atoms with Crippen molar-refractivity contribution in [2.45, 2.75) is 0 Å². The molecule has 0 aliphatic carbocycles. The van der Waals surface area contributed by atoms with Crippen molar-refractivity contribution in [3.05, 3.63) is 0 Å². The molecule has 0 aromatic heterocycles. The molecule has 0 aliphatic rings. The monoisotopic (exact) mass is 86.0 g/mol. The highest BCUT2D eigenvalue weighted by Crippen LogP contribution is 1.33. The number of hydrogen-bond donors (Lipinski definition) is 0. The van der Waals surface area contributed by atoms with E-state index < -0.39 is 0 Å². The predicted molar refractivity (Wildman–Crippen MR) is 20.8 cm³/mol. The van der Waals surface area contributed by atoms with Crippen LogP contribution in [0.15, 0.2) is 4.66 Å². The number of rotatable bonds is 0. The van der Waals surface area contributed by atoms with Gasteiger partial charge >= 0.3 is 0 Å². The smallest absolute Gasteiger partial charge is 0.237 e. The topological polar surface area (TPSA) is 12.4 Å². The van der Waals surface area contributed by atoms with E-state index in [4.69, 9.17) is 0 Å². The van der Waals surface area contributed by atoms with Gasteiger partial charge in [-0.2, -0.15) is 0 Å². The van der Waals surface area contributed by atoms with Crippen LogP contribution in [0.4, 0.5) is 0 Å². The largest absolute Gasteiger partial charge is 0.277 e. The van der Waals surface area contributed by atoms with Gasteiger partial charge in [-0.25, -0.2) is 0 Å². The summed E-state index contributed by atoms with van der Waals surface area (Å²) in [7, 11) is 2.70. The molecule has 0 aromatic carbocycles. The Labute approximate surface area is 33.2 Å². The summed E-state index contributed by atoms with van der Waals surface area (Å²) in [5, 5.41) is 2.05. The first-order valence-electron chi connectivity index (χ1n) is 0.651. The van der Waals surface area contributed by atoms with Crippen LogP contribution in [0.2, 0.25) is 0 Å². The molecule has 0 aliphatic heterocycles. The van der Waals surface area contributed by atoms with Crippen LogP contribution in [0.25, 0.3) is 0 Å². The fourth-order valence-corrected chi connectivity index (χ4v) is 0. The molecule has 3 radical (unpaired) electrons. The van der Waals surface area contributed by atoms with Crippen LogP contribution < -0.4 is 0 Å². The van der Waals surface area contributed by atoms with Gasteiger partial charge in [0.05, 0.1) is 0 Å². The fourth-order valence-electron chi connectivity index (χ4n) is 0. The minimum atomic E-state index is 2.05. The SMILES string of the molecule is [Si]N=C=S. The molecule has 0 amide bonds. The van der Waals surface area contributed by atoms with Crippen molar-refractivity contribution in [3.8, 4) is 0 Å². The first-order chi connectivity index (χ1) is 1.91. The van der Waals surface area contributed by atoms with Gasteiger partial charge in [-0.15, -0.1) is 0 Å². The molecule has 0 heterocycles. The summed E-state index contributed by atoms with van der Waals surface area (Å²) in [4.78, 5) is 0. The lowest BCUT2D eigenvalue weighted by Gasteiger charge is -1.37. The number of isothiocyanates is 1. The summed E-state index contributed by atoms with van der Waals surface area (Å²) in [5.74, 6) is 0. The van der Waals surface area contributed by atoms with Gasteiger partial charge in [-0.05, 0) is 12.2 Å². The third-order valence-corrected chi connectivity index (χ3v) is 0.411. The Balaban J connectivity index is 3.11. The van der Waals surface area contributed by atoms with Gasteiger partial charge in [0.25, 0.3) is 0 Å². The Morgan fingerprint density at radius 3 is 2.25 bits per heavy atom. The molecule has 0 atom stereocenters. The third-order valence-electron chi connectivity index (χ3n) is 0.0456. The van der Waals surface area contributed by atoms with Gasteiger partial charge in [0.15, 0.2) is 0 Å². The van der Waals surface area contributed by atoms with Gasteiger partial charge in [0.1, 0.15) is 0 Å². The highest BCUT2D eigenvalue weighted by molar-refractivity contribution is 7.78. The van der Waals surface area contributed by atoms with Crippen molar-refractivity contribution in [2.24, 2.45) is 4.66 Å². The molecular formula is CNSSi. The minimum Gasteiger partial charge on any atom is -0.277 e. The second-order valence-corrected chi connectivity index (χ2v) is 0.609. The molecule has 0 spiro atoms. The molecule has 3 heteroatoms. The summed E-state index contributed by atoms with van der Waals surface area (Å²) >= 11 is 4.09. The molecule has 0 saturated heterocycles. The van der Waals surface area contributed by atoms with Crippen LogP contribution in [0.5, 0.6) is 0 Å². The Kier molecular flexibility index (Phi) is 3.03. The van der Waals surface area contributed by atoms with E-state index >= 15 is 0 Å². The van der Waals surface area contributed by atoms with E-state index in [1.165, 1.54) is 0 Å². The van der Waals surface area contributed by atoms with Crippen LogP contribution in [0, 0.1) is 0 Å². The van der Waals surface area contributed by atoms with Crippen LogP contribution >= 0.6 is 12.2 Å². The Hall–Kier alpha value is 0.0169. The van der Waals surface area contributed by atoms with Crippen molar-refractivity contribution in [2.75, 3.05) is 0 Å². The van der Waals surface area contributed by atoms with Crippen LogP contribution in [-0.2, 0) is 0 Å². The lowest BCUT2D eigenvalue weighted by molar-refractivity contribution is 1.99. The molecule has 0 unspecified atom stereocenters. The van der Waals surface area contributed by atoms with E-state index in [1.807, 2.05) is 0 Å². The van der Waals surface area contributed by atoms with E-state index in [0.717, 1.165) is 0 Å². The van der Waals surface area contributed by atoms with E-state index in [2.05, 4.69) is 32.4 Å². The molecule has 0 N–H and O–H groups in total. The van der Waals surface area contributed by atoms with E-state index in [0.29, 0.717) is 0 Å². The lowest BCUT2D eigenvalue weighted by atomic mass is 11.8. The highest BCUT2D eigenvalue weighted by atomic mass is 32.1. The summed E-state index contributed by atoms with van der Waals surface area (Å²) < 4.78 is 3.11. The Morgan fingerprint density at radius 2 is 2.25 bits per heavy atom. The maximum atomic E-state index is 4.09. The van der Waals surface area contributed by atoms with Gasteiger partial charge in [-0.3, -0.25) is 4.66 Å². The zero-order chi connectivity index (χ0) is 3.41. The van der Waals surface area contributed by atoms with Crippen molar-refractivity contribution in [1.82, 2.24) is 0 Å². The zero-order valence-electron chi connectivity index (χ0n) is 1.86. The second-order valence-electron chi connectivity index (χ2n) is 0.203. The second kappa shape index (κ2) is 3.02. The van der Waals surface area contributed by atoms with E-state index in [1.54, 1.807) is 0 Å². The molecule has 0 aromatic rings. The number of nitrogens with zero attached hydrogens (tertiary/aromatic N) is 1. The molecular weight excluding hydrogens is 86.2 g/mol. The van der Waals surface area contributed by atoms with E-state index in [9.17, 15) is 0 Å². The maximum Gasteiger partial charge on any atom is 0.237 e. The Bertz CT molecular complexity index is 46.0. The quantitative estimate of drug-likeness (QED) is 0.232. The summed E-state index contributed by atoms with van der Waals surface area (Å²) in [6.45, 7) is 0. The van der Waals surface area contributed by atoms with Gasteiger partial charge in [0, 0.05) is 5.16 Å². The minimum absolute atomic E-state index is 2.05. The molecule has 0 saturated carbocycles. The van der Waals surface area contributed by atoms with Gasteiger partial charge in [-0.1, -0.05) is 0 Å². The molecule has 1 nitrogen and oxygen atoms in total. The molecule has 4 heavy (non-hydrogen) atoms. The molecule has 0 bridgehead atoms. The average molecular weight is 86.2 g/mol. The maximum absolute atomic E-state index is 4.09. The Morgan fingerprint density at radius 1 is 2.00 bits per heavy atom. The lowest BCUT2D eigenvalue weighted by Crippen LogP contribution is -1.39. The molecule has 19 valence electrons. The average Bonchev–Trinajstić information content (AvgIpc) is 1.37. The third kappa shape index (κ3) is 2.02. The zero-order valence-corrected chi connectivity index (χ0v) is 3.67. The van der Waals surface area contributed by atoms with Gasteiger partial charge in [0.2, 0.25) is 10.4 Å². The predicted octanol–water partition coefficient (Wildman–Crippen LogP) is 0.173. The van der Waals surface area contributed by atoms with Crippen LogP contribution in [-0.4, -0.2) is 15.6 Å². The van der Waals surface area contributed by atoms with Crippen molar-refractivity contribution in [1.29, 1.82) is 0 Å². The molecule has 0 rings (SSSR count). The highest BCUT2D eigenvalue weighted by Gasteiger charge is 1.28. The summed E-state index contributed by atoms with van der Waals surface area (Å²) in [6, 6.07) is 0. The van der Waals surface area contributed by atoms with Crippen LogP contribution in [0.3, 0.4) is 0 Å². The number of thiocarbonyl (C=S) groups is 1. The summed E-state index contributed by atoms with van der Waals surface area (Å²) in [6.07, 6.45) is 0. The number of hydrogen-bond acceptors (Lipinski definition) is 2. The first kappa shape index (κ1) is 4.02. The standard InChI is InChI=1S/CNSSi/c3-1-2-4. The van der Waals surface area contributed by atoms with Crippen molar-refractivity contribution >= 4 is 27.8 Å².